The van der Waals surface area contributed by atoms with Gasteiger partial charge in [-0.3, -0.25) is 4.79 Å². The number of ketones is 1. The van der Waals surface area contributed by atoms with E-state index in [-0.39, 0.29) is 22.7 Å². The first-order valence-corrected chi connectivity index (χ1v) is 12.7. The summed E-state index contributed by atoms with van der Waals surface area (Å²) in [6.07, 6.45) is 0. The molecule has 0 atom stereocenters. The molecule has 4 rings (SSSR count). The first-order valence-electron chi connectivity index (χ1n) is 10.5. The van der Waals surface area contributed by atoms with Crippen LogP contribution in [0.2, 0.25) is 5.02 Å². The van der Waals surface area contributed by atoms with Gasteiger partial charge in [-0.2, -0.15) is 5.26 Å². The van der Waals surface area contributed by atoms with Crippen LogP contribution in [0.25, 0.3) is 0 Å². The second-order valence-electron chi connectivity index (χ2n) is 7.43. The standard InChI is InChI=1S/C28H20ClFNO2P/c29-25-18-21(16-17-26(25)30)33-20-27(32)28(19-31)34(22-10-4-1-5-11-22,23-12-6-2-7-13-23)24-14-8-3-9-15-24/h1-18H,20H2. The van der Waals surface area contributed by atoms with Gasteiger partial charge in [0.25, 0.3) is 0 Å². The Labute approximate surface area is 203 Å². The number of nitrogens with zero attached hydrogens (tertiary/aromatic N) is 1. The van der Waals surface area contributed by atoms with Crippen molar-refractivity contribution in [1.82, 2.24) is 0 Å². The van der Waals surface area contributed by atoms with Gasteiger partial charge >= 0.3 is 0 Å². The quantitative estimate of drug-likeness (QED) is 0.340. The van der Waals surface area contributed by atoms with Gasteiger partial charge in [-0.15, -0.1) is 0 Å². The topological polar surface area (TPSA) is 50.1 Å². The van der Waals surface area contributed by atoms with E-state index in [1.807, 2.05) is 91.0 Å². The molecule has 0 heterocycles. The molecule has 0 spiro atoms. The minimum Gasteiger partial charge on any atom is -0.485 e. The van der Waals surface area contributed by atoms with Crippen LogP contribution in [0.3, 0.4) is 0 Å². The maximum Gasteiger partial charge on any atom is 0.211 e. The smallest absolute Gasteiger partial charge is 0.211 e. The zero-order chi connectivity index (χ0) is 24.0. The van der Waals surface area contributed by atoms with Crippen LogP contribution in [0.15, 0.2) is 109 Å². The molecular formula is C28H20ClFNO2P. The van der Waals surface area contributed by atoms with E-state index in [1.54, 1.807) is 0 Å². The van der Waals surface area contributed by atoms with E-state index in [1.165, 1.54) is 18.2 Å². The van der Waals surface area contributed by atoms with Crippen LogP contribution in [-0.4, -0.2) is 17.7 Å². The van der Waals surface area contributed by atoms with Gasteiger partial charge in [0.1, 0.15) is 22.9 Å². The minimum absolute atomic E-state index is 0.103. The summed E-state index contributed by atoms with van der Waals surface area (Å²) in [5.41, 5.74) is 0. The Balaban J connectivity index is 1.95. The maximum atomic E-state index is 13.6. The number of hydrogen-bond donors (Lipinski definition) is 0. The van der Waals surface area contributed by atoms with E-state index < -0.39 is 18.5 Å². The number of halogens is 2. The molecule has 168 valence electrons. The fraction of sp³-hybridized carbons (Fsp3) is 0.0357. The highest BCUT2D eigenvalue weighted by Gasteiger charge is 2.33. The molecule has 0 saturated heterocycles. The molecule has 0 aliphatic heterocycles. The summed E-state index contributed by atoms with van der Waals surface area (Å²) >= 11 is 5.84. The molecule has 34 heavy (non-hydrogen) atoms. The van der Waals surface area contributed by atoms with Crippen molar-refractivity contribution >= 4 is 45.5 Å². The van der Waals surface area contributed by atoms with Gasteiger partial charge in [-0.1, -0.05) is 103 Å². The number of ether oxygens (including phenoxy) is 1. The van der Waals surface area contributed by atoms with Crippen LogP contribution in [0, 0.1) is 17.1 Å². The number of hydrogen-bond acceptors (Lipinski definition) is 3. The largest absolute Gasteiger partial charge is 0.485 e. The Morgan fingerprint density at radius 2 is 1.29 bits per heavy atom. The summed E-state index contributed by atoms with van der Waals surface area (Å²) in [5.74, 6) is -0.764. The first kappa shape index (κ1) is 23.5. The normalized spacial score (nSPS) is 10.9. The predicted octanol–water partition coefficient (Wildman–Crippen LogP) is 5.12. The molecule has 0 N–H and O–H groups in total. The van der Waals surface area contributed by atoms with Gasteiger partial charge in [0.2, 0.25) is 5.78 Å². The van der Waals surface area contributed by atoms with Crippen LogP contribution >= 0.6 is 18.5 Å². The monoisotopic (exact) mass is 487 g/mol. The summed E-state index contributed by atoms with van der Waals surface area (Å²) in [4.78, 5) is 13.6. The minimum atomic E-state index is -2.82. The number of nitriles is 1. The van der Waals surface area contributed by atoms with Gasteiger partial charge in [-0.25, -0.2) is 4.39 Å². The van der Waals surface area contributed by atoms with Crippen molar-refractivity contribution in [2.24, 2.45) is 0 Å². The molecule has 0 amide bonds. The lowest BCUT2D eigenvalue weighted by Gasteiger charge is -2.30. The Bertz CT molecular complexity index is 1300. The average molecular weight is 488 g/mol. The predicted molar refractivity (Wildman–Crippen MR) is 138 cm³/mol. The van der Waals surface area contributed by atoms with Crippen molar-refractivity contribution in [1.29, 1.82) is 5.26 Å². The highest BCUT2D eigenvalue weighted by Crippen LogP contribution is 2.46. The molecule has 0 fully saturated rings. The first-order chi connectivity index (χ1) is 16.6. The van der Waals surface area contributed by atoms with Crippen molar-refractivity contribution in [3.63, 3.8) is 0 Å². The van der Waals surface area contributed by atoms with Crippen molar-refractivity contribution < 1.29 is 13.9 Å². The zero-order valence-electron chi connectivity index (χ0n) is 18.1. The average Bonchev–Trinajstić information content (AvgIpc) is 2.89. The molecule has 0 aromatic heterocycles. The molecule has 0 aliphatic carbocycles. The molecule has 4 aromatic rings. The molecule has 6 heteroatoms. The highest BCUT2D eigenvalue weighted by atomic mass is 35.5. The number of carbonyl (C=O) groups is 1. The fourth-order valence-electron chi connectivity index (χ4n) is 3.90. The lowest BCUT2D eigenvalue weighted by molar-refractivity contribution is -0.114. The van der Waals surface area contributed by atoms with Gasteiger partial charge < -0.3 is 4.74 Å². The number of benzene rings is 4. The van der Waals surface area contributed by atoms with E-state index in [0.29, 0.717) is 0 Å². The van der Waals surface area contributed by atoms with Gasteiger partial charge in [0, 0.05) is 6.07 Å². The Hall–Kier alpha value is -3.64. The van der Waals surface area contributed by atoms with E-state index in [9.17, 15) is 14.4 Å². The molecule has 0 bridgehead atoms. The summed E-state index contributed by atoms with van der Waals surface area (Å²) in [5, 5.41) is 13.1. The molecule has 0 radical (unpaired) electrons. The molecule has 4 aromatic carbocycles. The Morgan fingerprint density at radius 3 is 1.71 bits per heavy atom. The second kappa shape index (κ2) is 10.5. The van der Waals surface area contributed by atoms with Crippen LogP contribution < -0.4 is 20.7 Å². The van der Waals surface area contributed by atoms with Crippen molar-refractivity contribution in [2.45, 2.75) is 0 Å². The van der Waals surface area contributed by atoms with Crippen LogP contribution in [0.4, 0.5) is 4.39 Å². The summed E-state index contributed by atoms with van der Waals surface area (Å²) in [6, 6.07) is 35.0. The lowest BCUT2D eigenvalue weighted by Crippen LogP contribution is -2.34. The Morgan fingerprint density at radius 1 is 0.824 bits per heavy atom. The lowest BCUT2D eigenvalue weighted by atomic mass is 10.3. The van der Waals surface area contributed by atoms with Crippen LogP contribution in [0.1, 0.15) is 0 Å². The summed E-state index contributed by atoms with van der Waals surface area (Å²) in [7, 11) is 0. The molecule has 0 aliphatic rings. The summed E-state index contributed by atoms with van der Waals surface area (Å²) in [6.45, 7) is -3.19. The van der Waals surface area contributed by atoms with Gasteiger partial charge in [0.15, 0.2) is 6.61 Å². The number of Topliss-reactive ketones (excluding diaryl/α,β-unsaturated/α-hetero) is 1. The summed E-state index contributed by atoms with van der Waals surface area (Å²) < 4.78 is 19.1. The van der Waals surface area contributed by atoms with Crippen molar-refractivity contribution in [3.8, 4) is 11.8 Å². The third-order valence-corrected chi connectivity index (χ3v) is 9.92. The molecule has 3 nitrogen and oxygen atoms in total. The molecule has 0 unspecified atom stereocenters. The van der Waals surface area contributed by atoms with E-state index >= 15 is 0 Å². The fourth-order valence-corrected chi connectivity index (χ4v) is 8.18. The zero-order valence-corrected chi connectivity index (χ0v) is 19.7. The van der Waals surface area contributed by atoms with Crippen LogP contribution in [0.5, 0.6) is 5.75 Å². The van der Waals surface area contributed by atoms with Gasteiger partial charge in [-0.05, 0) is 34.9 Å². The van der Waals surface area contributed by atoms with E-state index in [4.69, 9.17) is 16.3 Å². The third kappa shape index (κ3) is 4.54. The van der Waals surface area contributed by atoms with Crippen molar-refractivity contribution in [2.75, 3.05) is 6.61 Å². The molecular weight excluding hydrogens is 468 g/mol. The van der Waals surface area contributed by atoms with E-state index in [0.717, 1.165) is 15.9 Å². The highest BCUT2D eigenvalue weighted by molar-refractivity contribution is 7.96. The van der Waals surface area contributed by atoms with Crippen molar-refractivity contribution in [3.05, 3.63) is 120 Å². The second-order valence-corrected chi connectivity index (χ2v) is 11.2. The van der Waals surface area contributed by atoms with Crippen LogP contribution in [-0.2, 0) is 4.79 Å². The Kier molecular flexibility index (Phi) is 7.28. The maximum absolute atomic E-state index is 13.6. The number of carbonyl (C=O) groups excluding carboxylic acids is 1. The number of rotatable bonds is 7. The SMILES string of the molecule is N#CC(C(=O)COc1ccc(F)c(Cl)c1)=P(c1ccccc1)(c1ccccc1)c1ccccc1. The third-order valence-electron chi connectivity index (χ3n) is 5.40. The van der Waals surface area contributed by atoms with E-state index in [2.05, 4.69) is 6.07 Å². The van der Waals surface area contributed by atoms with Gasteiger partial charge in [0.05, 0.1) is 5.02 Å². The molecule has 0 saturated carbocycles.